The van der Waals surface area contributed by atoms with Crippen molar-refractivity contribution in [1.29, 1.82) is 0 Å². The van der Waals surface area contributed by atoms with Crippen molar-refractivity contribution in [2.45, 2.75) is 6.54 Å². The van der Waals surface area contributed by atoms with E-state index in [-0.39, 0.29) is 29.2 Å². The van der Waals surface area contributed by atoms with Gasteiger partial charge in [-0.15, -0.1) is 0 Å². The summed E-state index contributed by atoms with van der Waals surface area (Å²) in [5.74, 6) is -1.60. The molecule has 14 heteroatoms. The first-order valence-electron chi connectivity index (χ1n) is 14.4. The van der Waals surface area contributed by atoms with Crippen molar-refractivity contribution in [1.82, 2.24) is 19.6 Å². The Balaban J connectivity index is 1.29. The van der Waals surface area contributed by atoms with Gasteiger partial charge >= 0.3 is 0 Å². The number of hydrogen-bond acceptors (Lipinski definition) is 8. The zero-order chi connectivity index (χ0) is 32.2. The third-order valence-corrected chi connectivity index (χ3v) is 7.51. The number of amides is 1. The van der Waals surface area contributed by atoms with E-state index in [1.165, 1.54) is 64.3 Å². The summed E-state index contributed by atoms with van der Waals surface area (Å²) in [5.41, 5.74) is 6.80. The number of fused-ring (bicyclic) bond motifs is 1. The van der Waals surface area contributed by atoms with Crippen LogP contribution in [-0.2, 0) is 18.3 Å². The maximum atomic E-state index is 15.5. The summed E-state index contributed by atoms with van der Waals surface area (Å²) >= 11 is 0. The van der Waals surface area contributed by atoms with E-state index in [1.807, 2.05) is 6.07 Å². The number of allylic oxidation sites excluding steroid dienone is 1. The second-order valence-corrected chi connectivity index (χ2v) is 10.4. The molecule has 1 amide bonds. The summed E-state index contributed by atoms with van der Waals surface area (Å²) in [7, 11) is 1.59. The van der Waals surface area contributed by atoms with Gasteiger partial charge in [-0.3, -0.25) is 24.4 Å². The van der Waals surface area contributed by atoms with Crippen molar-refractivity contribution in [3.05, 3.63) is 106 Å². The Labute approximate surface area is 261 Å². The molecule has 6 rings (SSSR count). The van der Waals surface area contributed by atoms with E-state index in [2.05, 4.69) is 25.4 Å². The number of ether oxygens (including phenoxy) is 2. The number of nitrogens with zero attached hydrogens (tertiary/aromatic N) is 5. The molecule has 0 radical (unpaired) electrons. The Kier molecular flexibility index (Phi) is 8.61. The van der Waals surface area contributed by atoms with Gasteiger partial charge in [-0.1, -0.05) is 0 Å². The van der Waals surface area contributed by atoms with Crippen LogP contribution in [0.25, 0.3) is 16.6 Å². The highest BCUT2D eigenvalue weighted by Crippen LogP contribution is 2.37. The van der Waals surface area contributed by atoms with E-state index in [9.17, 15) is 14.0 Å². The van der Waals surface area contributed by atoms with Gasteiger partial charge in [0.1, 0.15) is 11.4 Å². The number of aromatic nitrogens is 4. The van der Waals surface area contributed by atoms with Crippen LogP contribution >= 0.6 is 0 Å². The van der Waals surface area contributed by atoms with Crippen molar-refractivity contribution < 1.29 is 23.0 Å². The zero-order valence-corrected chi connectivity index (χ0v) is 24.7. The molecule has 0 unspecified atom stereocenters. The number of anilines is 2. The molecular formula is C32H30F2N8O4. The van der Waals surface area contributed by atoms with Gasteiger partial charge in [-0.05, 0) is 60.8 Å². The fraction of sp³-hybridized carbons (Fsp3) is 0.188. The van der Waals surface area contributed by atoms with Crippen molar-refractivity contribution in [2.24, 2.45) is 17.8 Å². The minimum Gasteiger partial charge on any atom is -0.452 e. The third-order valence-electron chi connectivity index (χ3n) is 7.51. The molecule has 3 aromatic carbocycles. The third kappa shape index (κ3) is 6.10. The van der Waals surface area contributed by atoms with E-state index < -0.39 is 23.1 Å². The Morgan fingerprint density at radius 3 is 2.65 bits per heavy atom. The number of H-pyrrole nitrogens is 1. The largest absolute Gasteiger partial charge is 0.452 e. The minimum absolute atomic E-state index is 0.0410. The van der Waals surface area contributed by atoms with Crippen LogP contribution in [0.4, 0.5) is 20.2 Å². The SMILES string of the molecule is Cn1c(CN=CC=CN)c(C(=O)Nc2ccc(Oc3cc4cn[nH]c4cc3N3CCOCC3)c(F)c2)c(=O)n1-c1ccc(F)cc1. The van der Waals surface area contributed by atoms with Gasteiger partial charge in [0.2, 0.25) is 0 Å². The fourth-order valence-electron chi connectivity index (χ4n) is 5.25. The molecule has 5 aromatic rings. The van der Waals surface area contributed by atoms with Crippen LogP contribution < -0.4 is 26.2 Å². The predicted molar refractivity (Wildman–Crippen MR) is 170 cm³/mol. The maximum Gasteiger partial charge on any atom is 0.284 e. The second-order valence-electron chi connectivity index (χ2n) is 10.4. The lowest BCUT2D eigenvalue weighted by Crippen LogP contribution is -2.36. The van der Waals surface area contributed by atoms with Crippen LogP contribution in [0.5, 0.6) is 11.5 Å². The lowest BCUT2D eigenvalue weighted by Gasteiger charge is -2.30. The summed E-state index contributed by atoms with van der Waals surface area (Å²) in [4.78, 5) is 33.4. The standard InChI is InChI=1S/C32H30F2N8O4/c1-40-27(19-36-10-2-9-35)30(32(44)42(40)23-6-3-21(33)4-7-23)31(43)38-22-5-8-28(24(34)16-22)46-29-15-20-18-37-39-25(20)17-26(29)41-11-13-45-14-12-41/h2-10,15-18H,11-14,19,35H2,1H3,(H,37,39)(H,38,43). The molecule has 0 saturated carbocycles. The molecule has 12 nitrogen and oxygen atoms in total. The number of aliphatic imine (C=N–C) groups is 1. The van der Waals surface area contributed by atoms with Crippen molar-refractivity contribution >= 4 is 34.4 Å². The summed E-state index contributed by atoms with van der Waals surface area (Å²) < 4.78 is 43.3. The van der Waals surface area contributed by atoms with Gasteiger partial charge in [0, 0.05) is 43.5 Å². The van der Waals surface area contributed by atoms with Gasteiger partial charge in [-0.2, -0.15) is 5.10 Å². The Bertz CT molecular complexity index is 2010. The van der Waals surface area contributed by atoms with Gasteiger partial charge in [0.15, 0.2) is 17.3 Å². The summed E-state index contributed by atoms with van der Waals surface area (Å²) in [6.45, 7) is 2.35. The van der Waals surface area contributed by atoms with Crippen LogP contribution in [0.1, 0.15) is 16.1 Å². The van der Waals surface area contributed by atoms with Crippen molar-refractivity contribution in [3.8, 4) is 17.2 Å². The van der Waals surface area contributed by atoms with E-state index in [0.29, 0.717) is 37.7 Å². The van der Waals surface area contributed by atoms with Crippen molar-refractivity contribution in [2.75, 3.05) is 36.5 Å². The zero-order valence-electron chi connectivity index (χ0n) is 24.7. The van der Waals surface area contributed by atoms with Crippen LogP contribution in [-0.4, -0.2) is 58.0 Å². The molecule has 1 saturated heterocycles. The molecule has 2 aromatic heterocycles. The highest BCUT2D eigenvalue weighted by molar-refractivity contribution is 6.05. The molecule has 0 bridgehead atoms. The topological polar surface area (TPSA) is 145 Å². The lowest BCUT2D eigenvalue weighted by molar-refractivity contribution is 0.102. The van der Waals surface area contributed by atoms with Gasteiger partial charge in [0.05, 0.1) is 48.5 Å². The smallest absolute Gasteiger partial charge is 0.284 e. The normalized spacial score (nSPS) is 13.7. The Hall–Kier alpha value is -5.76. The molecule has 46 heavy (non-hydrogen) atoms. The first-order chi connectivity index (χ1) is 22.3. The number of aromatic amines is 1. The summed E-state index contributed by atoms with van der Waals surface area (Å²) in [6, 6.07) is 13.0. The highest BCUT2D eigenvalue weighted by Gasteiger charge is 2.25. The first-order valence-corrected chi connectivity index (χ1v) is 14.4. The quantitative estimate of drug-likeness (QED) is 0.207. The summed E-state index contributed by atoms with van der Waals surface area (Å²) in [6.07, 6.45) is 5.88. The number of rotatable bonds is 9. The van der Waals surface area contributed by atoms with Crippen LogP contribution in [0.2, 0.25) is 0 Å². The molecule has 1 fully saturated rings. The average molecular weight is 629 g/mol. The number of benzene rings is 3. The Morgan fingerprint density at radius 1 is 1.13 bits per heavy atom. The number of carbonyl (C=O) groups excluding carboxylic acids is 1. The number of nitrogens with two attached hydrogens (primary N) is 1. The number of halogens is 2. The number of nitrogens with one attached hydrogen (secondary N) is 2. The molecule has 0 aliphatic carbocycles. The molecule has 3 heterocycles. The monoisotopic (exact) mass is 628 g/mol. The highest BCUT2D eigenvalue weighted by atomic mass is 19.1. The van der Waals surface area contributed by atoms with E-state index in [0.717, 1.165) is 22.7 Å². The van der Waals surface area contributed by atoms with E-state index >= 15 is 4.39 Å². The molecule has 4 N–H and O–H groups in total. The molecule has 1 aliphatic heterocycles. The Morgan fingerprint density at radius 2 is 1.91 bits per heavy atom. The van der Waals surface area contributed by atoms with Gasteiger partial charge < -0.3 is 25.4 Å². The fourth-order valence-corrected chi connectivity index (χ4v) is 5.25. The lowest BCUT2D eigenvalue weighted by atomic mass is 10.2. The van der Waals surface area contributed by atoms with Crippen LogP contribution in [0, 0.1) is 11.6 Å². The molecule has 1 aliphatic rings. The molecule has 236 valence electrons. The van der Waals surface area contributed by atoms with E-state index in [4.69, 9.17) is 15.2 Å². The first kappa shape index (κ1) is 30.3. The number of morpholine rings is 1. The predicted octanol–water partition coefficient (Wildman–Crippen LogP) is 4.25. The number of carbonyl (C=O) groups is 1. The summed E-state index contributed by atoms with van der Waals surface area (Å²) in [5, 5.41) is 10.4. The maximum absolute atomic E-state index is 15.5. The van der Waals surface area contributed by atoms with Crippen LogP contribution in [0.3, 0.4) is 0 Å². The van der Waals surface area contributed by atoms with Crippen molar-refractivity contribution in [3.63, 3.8) is 0 Å². The molecular weight excluding hydrogens is 598 g/mol. The van der Waals surface area contributed by atoms with Gasteiger partial charge in [0.25, 0.3) is 11.5 Å². The second kappa shape index (κ2) is 13.1. The molecule has 0 atom stereocenters. The average Bonchev–Trinajstić information content (AvgIpc) is 3.61. The van der Waals surface area contributed by atoms with Gasteiger partial charge in [-0.25, -0.2) is 13.5 Å². The van der Waals surface area contributed by atoms with Crippen LogP contribution in [0.15, 0.2) is 82.9 Å². The minimum atomic E-state index is -0.769. The molecule has 0 spiro atoms. The van der Waals surface area contributed by atoms with E-state index in [1.54, 1.807) is 19.3 Å². The number of hydrogen-bond donors (Lipinski definition) is 3.